The van der Waals surface area contributed by atoms with Gasteiger partial charge in [-0.25, -0.2) is 4.79 Å². The van der Waals surface area contributed by atoms with Crippen LogP contribution in [0.1, 0.15) is 31.8 Å². The molecule has 2 aromatic rings. The van der Waals surface area contributed by atoms with E-state index in [1.165, 1.54) is 17.4 Å². The molecule has 2 rings (SSSR count). The van der Waals surface area contributed by atoms with E-state index in [4.69, 9.17) is 5.11 Å². The van der Waals surface area contributed by atoms with Crippen LogP contribution >= 0.6 is 27.3 Å². The first kappa shape index (κ1) is 14.7. The van der Waals surface area contributed by atoms with Crippen LogP contribution in [0.2, 0.25) is 0 Å². The standard InChI is InChI=1S/C14H12BrNO3S/c1-2-8-6-7-11(20-8)13(17)16-12-9(14(18)19)4-3-5-10(12)15/h3-7H,2H2,1H3,(H,16,17)(H,18,19). The minimum absolute atomic E-state index is 0.0556. The molecule has 1 heterocycles. The Morgan fingerprint density at radius 2 is 2.05 bits per heavy atom. The van der Waals surface area contributed by atoms with Crippen molar-refractivity contribution in [2.24, 2.45) is 0 Å². The van der Waals surface area contributed by atoms with Gasteiger partial charge < -0.3 is 10.4 Å². The second-order valence-corrected chi connectivity index (χ2v) is 6.06. The van der Waals surface area contributed by atoms with Crippen LogP contribution in [0.4, 0.5) is 5.69 Å². The van der Waals surface area contributed by atoms with Gasteiger partial charge in [0.05, 0.1) is 16.1 Å². The first-order valence-corrected chi connectivity index (χ1v) is 7.55. The van der Waals surface area contributed by atoms with Gasteiger partial charge >= 0.3 is 5.97 Å². The van der Waals surface area contributed by atoms with Crippen LogP contribution in [0.5, 0.6) is 0 Å². The molecule has 0 spiro atoms. The third kappa shape index (κ3) is 3.08. The van der Waals surface area contributed by atoms with Gasteiger partial charge in [-0.2, -0.15) is 0 Å². The number of halogens is 1. The van der Waals surface area contributed by atoms with E-state index in [1.54, 1.807) is 18.2 Å². The maximum absolute atomic E-state index is 12.2. The van der Waals surface area contributed by atoms with Gasteiger partial charge in [0.2, 0.25) is 0 Å². The van der Waals surface area contributed by atoms with Crippen LogP contribution in [-0.2, 0) is 6.42 Å². The number of thiophene rings is 1. The summed E-state index contributed by atoms with van der Waals surface area (Å²) in [6, 6.07) is 8.40. The third-order valence-electron chi connectivity index (χ3n) is 2.72. The molecule has 0 radical (unpaired) electrons. The molecule has 2 N–H and O–H groups in total. The molecule has 0 aliphatic carbocycles. The zero-order valence-corrected chi connectivity index (χ0v) is 13.0. The number of anilines is 1. The van der Waals surface area contributed by atoms with Gasteiger partial charge in [0, 0.05) is 9.35 Å². The van der Waals surface area contributed by atoms with E-state index in [-0.39, 0.29) is 17.2 Å². The number of carbonyl (C=O) groups is 2. The quantitative estimate of drug-likeness (QED) is 0.871. The first-order chi connectivity index (χ1) is 9.52. The number of carbonyl (C=O) groups excluding carboxylic acids is 1. The average molecular weight is 354 g/mol. The molecule has 1 aromatic heterocycles. The lowest BCUT2D eigenvalue weighted by molar-refractivity contribution is 0.0698. The predicted molar refractivity (Wildman–Crippen MR) is 82.8 cm³/mol. The molecule has 0 bridgehead atoms. The molecular formula is C14H12BrNO3S. The summed E-state index contributed by atoms with van der Waals surface area (Å²) < 4.78 is 0.540. The Hall–Kier alpha value is -1.66. The van der Waals surface area contributed by atoms with Crippen LogP contribution in [0.3, 0.4) is 0 Å². The molecule has 4 nitrogen and oxygen atoms in total. The topological polar surface area (TPSA) is 66.4 Å². The van der Waals surface area contributed by atoms with Gasteiger partial charge in [-0.3, -0.25) is 4.79 Å². The Balaban J connectivity index is 2.30. The molecule has 0 saturated carbocycles. The maximum Gasteiger partial charge on any atom is 0.337 e. The molecule has 0 saturated heterocycles. The molecule has 0 aliphatic rings. The minimum atomic E-state index is -1.08. The van der Waals surface area contributed by atoms with Crippen molar-refractivity contribution in [2.45, 2.75) is 13.3 Å². The largest absolute Gasteiger partial charge is 0.478 e. The number of amides is 1. The fourth-order valence-corrected chi connectivity index (χ4v) is 3.00. The number of carboxylic acid groups (broad SMARTS) is 1. The van der Waals surface area contributed by atoms with Crippen molar-refractivity contribution in [1.29, 1.82) is 0 Å². The van der Waals surface area contributed by atoms with E-state index in [1.807, 2.05) is 13.0 Å². The third-order valence-corrected chi connectivity index (χ3v) is 4.61. The summed E-state index contributed by atoms with van der Waals surface area (Å²) in [6.45, 7) is 2.02. The van der Waals surface area contributed by atoms with Gasteiger partial charge in [0.1, 0.15) is 0 Å². The summed E-state index contributed by atoms with van der Waals surface area (Å²) in [5.74, 6) is -1.38. The molecule has 1 aromatic carbocycles. The Bertz CT molecular complexity index is 666. The molecule has 104 valence electrons. The van der Waals surface area contributed by atoms with Crippen molar-refractivity contribution < 1.29 is 14.7 Å². The summed E-state index contributed by atoms with van der Waals surface area (Å²) in [5, 5.41) is 11.8. The Morgan fingerprint density at radius 3 is 2.65 bits per heavy atom. The van der Waals surface area contributed by atoms with Crippen LogP contribution in [-0.4, -0.2) is 17.0 Å². The molecule has 0 aliphatic heterocycles. The molecule has 0 atom stereocenters. The average Bonchev–Trinajstić information content (AvgIpc) is 2.89. The smallest absolute Gasteiger partial charge is 0.337 e. The lowest BCUT2D eigenvalue weighted by atomic mass is 10.2. The number of nitrogens with one attached hydrogen (secondary N) is 1. The zero-order valence-electron chi connectivity index (χ0n) is 10.6. The Kier molecular flexibility index (Phi) is 4.57. The van der Waals surface area contributed by atoms with Gasteiger partial charge in [0.15, 0.2) is 0 Å². The van der Waals surface area contributed by atoms with Gasteiger partial charge in [-0.1, -0.05) is 13.0 Å². The molecular weight excluding hydrogens is 342 g/mol. The molecule has 6 heteroatoms. The molecule has 1 amide bonds. The highest BCUT2D eigenvalue weighted by molar-refractivity contribution is 9.10. The fraction of sp³-hybridized carbons (Fsp3) is 0.143. The summed E-state index contributed by atoms with van der Waals surface area (Å²) in [7, 11) is 0. The van der Waals surface area contributed by atoms with Crippen LogP contribution in [0.25, 0.3) is 0 Å². The highest BCUT2D eigenvalue weighted by Gasteiger charge is 2.17. The number of carboxylic acids is 1. The van der Waals surface area contributed by atoms with E-state index >= 15 is 0 Å². The maximum atomic E-state index is 12.2. The van der Waals surface area contributed by atoms with Crippen molar-refractivity contribution in [1.82, 2.24) is 0 Å². The van der Waals surface area contributed by atoms with Crippen LogP contribution < -0.4 is 5.32 Å². The summed E-state index contributed by atoms with van der Waals surface area (Å²) in [5.41, 5.74) is 0.330. The van der Waals surface area contributed by atoms with Gasteiger partial charge in [0.25, 0.3) is 5.91 Å². The number of aryl methyl sites for hydroxylation is 1. The van der Waals surface area contributed by atoms with Crippen molar-refractivity contribution in [3.8, 4) is 0 Å². The fourth-order valence-electron chi connectivity index (χ4n) is 1.69. The lowest BCUT2D eigenvalue weighted by Crippen LogP contribution is -2.14. The second-order valence-electron chi connectivity index (χ2n) is 4.04. The predicted octanol–water partition coefficient (Wildman–Crippen LogP) is 4.02. The van der Waals surface area contributed by atoms with Crippen molar-refractivity contribution >= 4 is 44.8 Å². The summed E-state index contributed by atoms with van der Waals surface area (Å²) in [6.07, 6.45) is 0.868. The Labute approximate surface area is 128 Å². The van der Waals surface area contributed by atoms with E-state index in [0.717, 1.165) is 11.3 Å². The molecule has 20 heavy (non-hydrogen) atoms. The Morgan fingerprint density at radius 1 is 1.30 bits per heavy atom. The minimum Gasteiger partial charge on any atom is -0.478 e. The molecule has 0 unspecified atom stereocenters. The summed E-state index contributed by atoms with van der Waals surface area (Å²) in [4.78, 5) is 25.0. The lowest BCUT2D eigenvalue weighted by Gasteiger charge is -2.09. The van der Waals surface area contributed by atoms with E-state index in [0.29, 0.717) is 9.35 Å². The van der Waals surface area contributed by atoms with E-state index in [9.17, 15) is 9.59 Å². The van der Waals surface area contributed by atoms with Gasteiger partial charge in [-0.05, 0) is 46.6 Å². The monoisotopic (exact) mass is 353 g/mol. The number of rotatable bonds is 4. The van der Waals surface area contributed by atoms with Crippen LogP contribution in [0, 0.1) is 0 Å². The van der Waals surface area contributed by atoms with Crippen molar-refractivity contribution in [3.63, 3.8) is 0 Å². The number of aromatic carboxylic acids is 1. The second kappa shape index (κ2) is 6.19. The van der Waals surface area contributed by atoms with Crippen molar-refractivity contribution in [2.75, 3.05) is 5.32 Å². The number of hydrogen-bond donors (Lipinski definition) is 2. The number of benzene rings is 1. The number of para-hydroxylation sites is 1. The SMILES string of the molecule is CCc1ccc(C(=O)Nc2c(Br)cccc2C(=O)O)s1. The van der Waals surface area contributed by atoms with Gasteiger partial charge in [-0.15, -0.1) is 11.3 Å². The summed E-state index contributed by atoms with van der Waals surface area (Å²) >= 11 is 4.67. The van der Waals surface area contributed by atoms with Crippen molar-refractivity contribution in [3.05, 3.63) is 50.1 Å². The highest BCUT2D eigenvalue weighted by atomic mass is 79.9. The zero-order chi connectivity index (χ0) is 14.7. The van der Waals surface area contributed by atoms with Crippen LogP contribution in [0.15, 0.2) is 34.8 Å². The highest BCUT2D eigenvalue weighted by Crippen LogP contribution is 2.28. The van der Waals surface area contributed by atoms with E-state index in [2.05, 4.69) is 21.2 Å². The molecule has 0 fully saturated rings. The number of hydrogen-bond acceptors (Lipinski definition) is 3. The first-order valence-electron chi connectivity index (χ1n) is 5.94. The normalized spacial score (nSPS) is 10.3. The van der Waals surface area contributed by atoms with E-state index < -0.39 is 5.97 Å².